The lowest BCUT2D eigenvalue weighted by Gasteiger charge is -2.33. The minimum atomic E-state index is 0.0321. The lowest BCUT2D eigenvalue weighted by molar-refractivity contribution is -0.136. The highest BCUT2D eigenvalue weighted by Gasteiger charge is 2.33. The molecule has 0 spiro atoms. The zero-order valence-electron chi connectivity index (χ0n) is 14.2. The first kappa shape index (κ1) is 16.9. The van der Waals surface area contributed by atoms with Gasteiger partial charge in [-0.05, 0) is 31.4 Å². The Hall–Kier alpha value is -1.95. The van der Waals surface area contributed by atoms with Crippen molar-refractivity contribution in [2.75, 3.05) is 39.9 Å². The summed E-state index contributed by atoms with van der Waals surface area (Å²) in [7, 11) is 1.71. The molecule has 2 aliphatic rings. The highest BCUT2D eigenvalue weighted by molar-refractivity contribution is 5.94. The number of pyridine rings is 1. The van der Waals surface area contributed by atoms with Crippen molar-refractivity contribution < 1.29 is 14.3 Å². The van der Waals surface area contributed by atoms with Crippen LogP contribution in [0.5, 0.6) is 0 Å². The second-order valence-corrected chi connectivity index (χ2v) is 6.70. The molecule has 2 amide bonds. The summed E-state index contributed by atoms with van der Waals surface area (Å²) in [6.07, 6.45) is 5.79. The molecule has 0 aliphatic carbocycles. The fraction of sp³-hybridized carbons (Fsp3) is 0.611. The van der Waals surface area contributed by atoms with Gasteiger partial charge in [-0.3, -0.25) is 14.6 Å². The van der Waals surface area contributed by atoms with Gasteiger partial charge in [-0.25, -0.2) is 0 Å². The first-order chi connectivity index (χ1) is 11.7. The van der Waals surface area contributed by atoms with Gasteiger partial charge in [-0.1, -0.05) is 0 Å². The van der Waals surface area contributed by atoms with Crippen molar-refractivity contribution in [2.45, 2.75) is 19.3 Å². The number of aromatic nitrogens is 1. The molecule has 1 aromatic rings. The van der Waals surface area contributed by atoms with E-state index in [1.54, 1.807) is 31.6 Å². The zero-order chi connectivity index (χ0) is 16.9. The molecular weight excluding hydrogens is 306 g/mol. The number of hydrogen-bond acceptors (Lipinski definition) is 4. The molecule has 2 fully saturated rings. The van der Waals surface area contributed by atoms with Gasteiger partial charge in [0.15, 0.2) is 0 Å². The van der Waals surface area contributed by atoms with Crippen molar-refractivity contribution in [3.63, 3.8) is 0 Å². The predicted octanol–water partition coefficient (Wildman–Crippen LogP) is 1.43. The molecule has 24 heavy (non-hydrogen) atoms. The molecule has 2 saturated heterocycles. The van der Waals surface area contributed by atoms with E-state index in [0.717, 1.165) is 39.0 Å². The smallest absolute Gasteiger partial charge is 0.253 e. The van der Waals surface area contributed by atoms with Crippen molar-refractivity contribution in [3.8, 4) is 0 Å². The van der Waals surface area contributed by atoms with Crippen molar-refractivity contribution in [2.24, 2.45) is 11.8 Å². The number of methoxy groups -OCH3 is 1. The van der Waals surface area contributed by atoms with E-state index < -0.39 is 0 Å². The molecule has 6 nitrogen and oxygen atoms in total. The Morgan fingerprint density at radius 3 is 2.46 bits per heavy atom. The summed E-state index contributed by atoms with van der Waals surface area (Å²) in [5.41, 5.74) is 0.664. The van der Waals surface area contributed by atoms with Crippen LogP contribution in [-0.4, -0.2) is 66.5 Å². The third-order valence-corrected chi connectivity index (χ3v) is 5.06. The molecule has 0 aromatic carbocycles. The number of amides is 2. The maximum atomic E-state index is 12.7. The van der Waals surface area contributed by atoms with E-state index in [4.69, 9.17) is 4.74 Å². The molecule has 130 valence electrons. The normalized spacial score (nSPS) is 22.0. The third-order valence-electron chi connectivity index (χ3n) is 5.06. The van der Waals surface area contributed by atoms with Crippen molar-refractivity contribution in [1.29, 1.82) is 0 Å². The Bertz CT molecular complexity index is 570. The molecule has 0 radical (unpaired) electrons. The molecule has 6 heteroatoms. The third kappa shape index (κ3) is 3.75. The highest BCUT2D eigenvalue weighted by Crippen LogP contribution is 2.25. The number of piperidine rings is 1. The maximum Gasteiger partial charge on any atom is 0.253 e. The number of rotatable bonds is 4. The summed E-state index contributed by atoms with van der Waals surface area (Å²) in [6, 6.07) is 3.47. The largest absolute Gasteiger partial charge is 0.384 e. The Morgan fingerprint density at radius 2 is 1.79 bits per heavy atom. The fourth-order valence-corrected chi connectivity index (χ4v) is 3.67. The van der Waals surface area contributed by atoms with Gasteiger partial charge in [0.2, 0.25) is 5.91 Å². The number of carbonyl (C=O) groups is 2. The van der Waals surface area contributed by atoms with E-state index in [-0.39, 0.29) is 17.7 Å². The number of ether oxygens (including phenoxy) is 1. The lowest BCUT2D eigenvalue weighted by Crippen LogP contribution is -2.44. The van der Waals surface area contributed by atoms with Gasteiger partial charge in [0, 0.05) is 63.1 Å². The average Bonchev–Trinajstić information content (AvgIpc) is 3.10. The van der Waals surface area contributed by atoms with Crippen molar-refractivity contribution in [1.82, 2.24) is 14.8 Å². The standard InChI is InChI=1S/C18H25N3O3/c1-24-13-14-4-9-21(12-14)18(23)16-5-10-20(11-6-16)17(22)15-2-7-19-8-3-15/h2-3,7-8,14,16H,4-6,9-13H2,1H3. The van der Waals surface area contributed by atoms with Gasteiger partial charge in [0.25, 0.3) is 5.91 Å². The molecule has 0 N–H and O–H groups in total. The van der Waals surface area contributed by atoms with Gasteiger partial charge in [0.1, 0.15) is 0 Å². The summed E-state index contributed by atoms with van der Waals surface area (Å²) < 4.78 is 5.20. The number of nitrogens with zero attached hydrogens (tertiary/aromatic N) is 3. The van der Waals surface area contributed by atoms with Crippen LogP contribution in [0.4, 0.5) is 0 Å². The summed E-state index contributed by atoms with van der Waals surface area (Å²) in [6.45, 7) is 3.66. The highest BCUT2D eigenvalue weighted by atomic mass is 16.5. The Morgan fingerprint density at radius 1 is 1.12 bits per heavy atom. The van der Waals surface area contributed by atoms with Crippen LogP contribution in [0.25, 0.3) is 0 Å². The van der Waals surface area contributed by atoms with Crippen LogP contribution in [-0.2, 0) is 9.53 Å². The first-order valence-electron chi connectivity index (χ1n) is 8.66. The predicted molar refractivity (Wildman–Crippen MR) is 89.4 cm³/mol. The minimum Gasteiger partial charge on any atom is -0.384 e. The maximum absolute atomic E-state index is 12.7. The molecule has 0 bridgehead atoms. The molecular formula is C18H25N3O3. The Balaban J connectivity index is 1.50. The van der Waals surface area contributed by atoms with Crippen LogP contribution in [0.2, 0.25) is 0 Å². The van der Waals surface area contributed by atoms with Gasteiger partial charge in [-0.15, -0.1) is 0 Å². The Labute approximate surface area is 142 Å². The van der Waals surface area contributed by atoms with Crippen LogP contribution in [0, 0.1) is 11.8 Å². The van der Waals surface area contributed by atoms with E-state index >= 15 is 0 Å². The molecule has 3 heterocycles. The summed E-state index contributed by atoms with van der Waals surface area (Å²) in [5, 5.41) is 0. The lowest BCUT2D eigenvalue weighted by atomic mass is 9.95. The van der Waals surface area contributed by atoms with E-state index in [1.165, 1.54) is 0 Å². The van der Waals surface area contributed by atoms with E-state index in [1.807, 2.05) is 9.80 Å². The van der Waals surface area contributed by atoms with Gasteiger partial charge >= 0.3 is 0 Å². The monoisotopic (exact) mass is 331 g/mol. The molecule has 2 aliphatic heterocycles. The molecule has 3 rings (SSSR count). The van der Waals surface area contributed by atoms with Gasteiger partial charge in [0.05, 0.1) is 6.61 Å². The van der Waals surface area contributed by atoms with Crippen molar-refractivity contribution in [3.05, 3.63) is 30.1 Å². The van der Waals surface area contributed by atoms with E-state index in [0.29, 0.717) is 24.6 Å². The first-order valence-corrected chi connectivity index (χ1v) is 8.66. The Kier molecular flexibility index (Phi) is 5.45. The zero-order valence-corrected chi connectivity index (χ0v) is 14.2. The summed E-state index contributed by atoms with van der Waals surface area (Å²) >= 11 is 0. The molecule has 1 unspecified atom stereocenters. The fourth-order valence-electron chi connectivity index (χ4n) is 3.67. The number of likely N-dealkylation sites (tertiary alicyclic amines) is 2. The molecule has 1 aromatic heterocycles. The van der Waals surface area contributed by atoms with Crippen LogP contribution in [0.15, 0.2) is 24.5 Å². The van der Waals surface area contributed by atoms with Crippen LogP contribution >= 0.6 is 0 Å². The molecule has 1 atom stereocenters. The van der Waals surface area contributed by atoms with Crippen LogP contribution in [0.3, 0.4) is 0 Å². The van der Waals surface area contributed by atoms with Crippen molar-refractivity contribution >= 4 is 11.8 Å². The van der Waals surface area contributed by atoms with Gasteiger partial charge in [-0.2, -0.15) is 0 Å². The van der Waals surface area contributed by atoms with E-state index in [9.17, 15) is 9.59 Å². The van der Waals surface area contributed by atoms with Crippen LogP contribution in [0.1, 0.15) is 29.6 Å². The minimum absolute atomic E-state index is 0.0321. The number of carbonyl (C=O) groups excluding carboxylic acids is 2. The second-order valence-electron chi connectivity index (χ2n) is 6.70. The number of hydrogen-bond donors (Lipinski definition) is 0. The topological polar surface area (TPSA) is 62.7 Å². The van der Waals surface area contributed by atoms with E-state index in [2.05, 4.69) is 4.98 Å². The van der Waals surface area contributed by atoms with Gasteiger partial charge < -0.3 is 14.5 Å². The second kappa shape index (κ2) is 7.75. The van der Waals surface area contributed by atoms with Crippen LogP contribution < -0.4 is 0 Å². The molecule has 0 saturated carbocycles. The quantitative estimate of drug-likeness (QED) is 0.837. The summed E-state index contributed by atoms with van der Waals surface area (Å²) in [4.78, 5) is 32.9. The summed E-state index contributed by atoms with van der Waals surface area (Å²) in [5.74, 6) is 0.800. The average molecular weight is 331 g/mol. The SMILES string of the molecule is COCC1CCN(C(=O)C2CCN(C(=O)c3ccncc3)CC2)C1.